The van der Waals surface area contributed by atoms with Crippen LogP contribution in [0.5, 0.6) is 5.75 Å². The van der Waals surface area contributed by atoms with E-state index >= 15 is 0 Å². The Morgan fingerprint density at radius 1 is 1.12 bits per heavy atom. The van der Waals surface area contributed by atoms with Crippen molar-refractivity contribution in [2.75, 3.05) is 7.11 Å². The first-order valence-electron chi connectivity index (χ1n) is 6.03. The highest BCUT2D eigenvalue weighted by Gasteiger charge is 2.25. The Balaban J connectivity index is 2.29. The molecule has 0 aromatic heterocycles. The molecule has 0 bridgehead atoms. The maximum absolute atomic E-state index is 5.18. The van der Waals surface area contributed by atoms with Crippen molar-refractivity contribution in [1.29, 1.82) is 0 Å². The van der Waals surface area contributed by atoms with Crippen LogP contribution in [0.4, 0.5) is 0 Å². The zero-order valence-corrected chi connectivity index (χ0v) is 10.9. The molecule has 2 rings (SSSR count). The molecule has 0 heterocycles. The van der Waals surface area contributed by atoms with Crippen molar-refractivity contribution in [2.45, 2.75) is 26.7 Å². The smallest absolute Gasteiger partial charge is 0.118 e. The minimum atomic E-state index is 0.321. The second-order valence-corrected chi connectivity index (χ2v) is 5.57. The van der Waals surface area contributed by atoms with E-state index in [1.165, 1.54) is 16.7 Å². The van der Waals surface area contributed by atoms with Gasteiger partial charge in [0.2, 0.25) is 0 Å². The summed E-state index contributed by atoms with van der Waals surface area (Å²) in [5.41, 5.74) is 4.21. The molecule has 0 aliphatic heterocycles. The quantitative estimate of drug-likeness (QED) is 0.726. The van der Waals surface area contributed by atoms with Gasteiger partial charge >= 0.3 is 0 Å². The van der Waals surface area contributed by atoms with E-state index in [2.05, 4.69) is 38.6 Å². The molecule has 1 nitrogen and oxygen atoms in total. The fraction of sp³-hybridized carbons (Fsp3) is 0.375. The molecule has 90 valence electrons. The normalized spacial score (nSPS) is 18.8. The average Bonchev–Trinajstić information content (AvgIpc) is 2.26. The first-order chi connectivity index (χ1) is 8.00. The summed E-state index contributed by atoms with van der Waals surface area (Å²) in [5, 5.41) is 0. The van der Waals surface area contributed by atoms with Gasteiger partial charge in [0.15, 0.2) is 0 Å². The molecule has 0 N–H and O–H groups in total. The zero-order valence-electron chi connectivity index (χ0n) is 10.9. The lowest BCUT2D eigenvalue weighted by Gasteiger charge is -2.31. The molecule has 0 unspecified atom stereocenters. The fourth-order valence-electron chi connectivity index (χ4n) is 2.53. The standard InChI is InChI=1S/C16H20O/c1-12-9-14(11-16(2,3)10-12)13-5-7-15(17-4)8-6-13/h5-9H,1,10-11H2,2-4H3. The number of rotatable bonds is 2. The number of hydrogen-bond donors (Lipinski definition) is 0. The molecule has 1 heteroatoms. The van der Waals surface area contributed by atoms with Crippen molar-refractivity contribution in [1.82, 2.24) is 0 Å². The van der Waals surface area contributed by atoms with Crippen LogP contribution in [0.2, 0.25) is 0 Å². The van der Waals surface area contributed by atoms with Gasteiger partial charge in [-0.2, -0.15) is 0 Å². The molecule has 0 radical (unpaired) electrons. The summed E-state index contributed by atoms with van der Waals surface area (Å²) in [4.78, 5) is 0. The molecule has 0 amide bonds. The van der Waals surface area contributed by atoms with Crippen molar-refractivity contribution in [3.8, 4) is 5.75 Å². The van der Waals surface area contributed by atoms with Gasteiger partial charge in [0.05, 0.1) is 7.11 Å². The summed E-state index contributed by atoms with van der Waals surface area (Å²) >= 11 is 0. The largest absolute Gasteiger partial charge is 0.497 e. The highest BCUT2D eigenvalue weighted by Crippen LogP contribution is 2.41. The van der Waals surface area contributed by atoms with Crippen LogP contribution in [0.15, 0.2) is 42.5 Å². The van der Waals surface area contributed by atoms with E-state index in [1.54, 1.807) is 7.11 Å². The molecular weight excluding hydrogens is 208 g/mol. The molecule has 0 saturated carbocycles. The molecule has 0 atom stereocenters. The molecular formula is C16H20O. The van der Waals surface area contributed by atoms with E-state index in [9.17, 15) is 0 Å². The third-order valence-electron chi connectivity index (χ3n) is 3.21. The highest BCUT2D eigenvalue weighted by atomic mass is 16.5. The van der Waals surface area contributed by atoms with Crippen molar-refractivity contribution in [3.05, 3.63) is 48.1 Å². The lowest BCUT2D eigenvalue weighted by Crippen LogP contribution is -2.16. The van der Waals surface area contributed by atoms with Crippen LogP contribution in [0.3, 0.4) is 0 Å². The number of methoxy groups -OCH3 is 1. The lowest BCUT2D eigenvalue weighted by atomic mass is 9.74. The predicted molar refractivity (Wildman–Crippen MR) is 73.1 cm³/mol. The average molecular weight is 228 g/mol. The summed E-state index contributed by atoms with van der Waals surface area (Å²) < 4.78 is 5.18. The monoisotopic (exact) mass is 228 g/mol. The number of benzene rings is 1. The Morgan fingerprint density at radius 2 is 1.76 bits per heavy atom. The molecule has 0 spiro atoms. The number of ether oxygens (including phenoxy) is 1. The van der Waals surface area contributed by atoms with Gasteiger partial charge in [-0.05, 0) is 41.5 Å². The van der Waals surface area contributed by atoms with Crippen molar-refractivity contribution < 1.29 is 4.74 Å². The fourth-order valence-corrected chi connectivity index (χ4v) is 2.53. The second kappa shape index (κ2) is 4.40. The van der Waals surface area contributed by atoms with Gasteiger partial charge in [-0.25, -0.2) is 0 Å². The van der Waals surface area contributed by atoms with Gasteiger partial charge in [0.1, 0.15) is 5.75 Å². The van der Waals surface area contributed by atoms with Crippen LogP contribution in [-0.4, -0.2) is 7.11 Å². The topological polar surface area (TPSA) is 9.23 Å². The minimum absolute atomic E-state index is 0.321. The van der Waals surface area contributed by atoms with E-state index in [4.69, 9.17) is 4.74 Å². The van der Waals surface area contributed by atoms with Gasteiger partial charge in [0.25, 0.3) is 0 Å². The molecule has 0 saturated heterocycles. The Bertz CT molecular complexity index is 449. The summed E-state index contributed by atoms with van der Waals surface area (Å²) in [6.07, 6.45) is 4.43. The van der Waals surface area contributed by atoms with Crippen LogP contribution in [0, 0.1) is 5.41 Å². The summed E-state index contributed by atoms with van der Waals surface area (Å²) in [5.74, 6) is 0.906. The van der Waals surface area contributed by atoms with E-state index in [-0.39, 0.29) is 0 Å². The molecule has 1 aromatic rings. The third-order valence-corrected chi connectivity index (χ3v) is 3.21. The van der Waals surface area contributed by atoms with E-state index in [0.29, 0.717) is 5.41 Å². The van der Waals surface area contributed by atoms with Crippen LogP contribution >= 0.6 is 0 Å². The van der Waals surface area contributed by atoms with E-state index in [0.717, 1.165) is 18.6 Å². The predicted octanol–water partition coefficient (Wildman–Crippen LogP) is 4.45. The number of hydrogen-bond acceptors (Lipinski definition) is 1. The Kier molecular flexibility index (Phi) is 3.10. The Morgan fingerprint density at radius 3 is 2.29 bits per heavy atom. The Labute approximate surface area is 104 Å². The summed E-state index contributed by atoms with van der Waals surface area (Å²) in [6.45, 7) is 8.72. The first kappa shape index (κ1) is 12.0. The van der Waals surface area contributed by atoms with E-state index < -0.39 is 0 Å². The van der Waals surface area contributed by atoms with Crippen molar-refractivity contribution >= 4 is 5.57 Å². The summed E-state index contributed by atoms with van der Waals surface area (Å²) in [7, 11) is 1.69. The maximum Gasteiger partial charge on any atom is 0.118 e. The van der Waals surface area contributed by atoms with Gasteiger partial charge in [-0.15, -0.1) is 0 Å². The van der Waals surface area contributed by atoms with Crippen molar-refractivity contribution in [3.63, 3.8) is 0 Å². The van der Waals surface area contributed by atoms with Gasteiger partial charge in [0, 0.05) is 0 Å². The van der Waals surface area contributed by atoms with Crippen LogP contribution in [-0.2, 0) is 0 Å². The third kappa shape index (κ3) is 2.79. The lowest BCUT2D eigenvalue weighted by molar-refractivity contribution is 0.370. The molecule has 1 aromatic carbocycles. The maximum atomic E-state index is 5.18. The molecule has 0 fully saturated rings. The highest BCUT2D eigenvalue weighted by molar-refractivity contribution is 5.70. The summed E-state index contributed by atoms with van der Waals surface area (Å²) in [6, 6.07) is 8.28. The second-order valence-electron chi connectivity index (χ2n) is 5.57. The molecule has 17 heavy (non-hydrogen) atoms. The van der Waals surface area contributed by atoms with Crippen LogP contribution in [0.25, 0.3) is 5.57 Å². The van der Waals surface area contributed by atoms with Gasteiger partial charge in [-0.3, -0.25) is 0 Å². The van der Waals surface area contributed by atoms with Crippen LogP contribution in [0.1, 0.15) is 32.3 Å². The molecule has 1 aliphatic carbocycles. The SMILES string of the molecule is C=C1C=C(c2ccc(OC)cc2)CC(C)(C)C1. The van der Waals surface area contributed by atoms with Crippen molar-refractivity contribution in [2.24, 2.45) is 5.41 Å². The van der Waals surface area contributed by atoms with Crippen LogP contribution < -0.4 is 4.74 Å². The first-order valence-corrected chi connectivity index (χ1v) is 6.03. The minimum Gasteiger partial charge on any atom is -0.497 e. The Hall–Kier alpha value is -1.50. The number of allylic oxidation sites excluding steroid dienone is 3. The van der Waals surface area contributed by atoms with Gasteiger partial charge < -0.3 is 4.74 Å². The zero-order chi connectivity index (χ0) is 12.5. The van der Waals surface area contributed by atoms with E-state index in [1.807, 2.05) is 12.1 Å². The molecule has 1 aliphatic rings. The van der Waals surface area contributed by atoms with Gasteiger partial charge in [-0.1, -0.05) is 44.2 Å².